The second-order valence-electron chi connectivity index (χ2n) is 5.44. The van der Waals surface area contributed by atoms with Crippen LogP contribution in [0.4, 0.5) is 0 Å². The van der Waals surface area contributed by atoms with E-state index in [4.69, 9.17) is 5.73 Å². The number of nitrogens with two attached hydrogens (primary N) is 1. The zero-order chi connectivity index (χ0) is 11.7. The first kappa shape index (κ1) is 11.9. The molecule has 1 amide bonds. The van der Waals surface area contributed by atoms with Crippen molar-refractivity contribution in [2.24, 2.45) is 11.7 Å². The van der Waals surface area contributed by atoms with Crippen molar-refractivity contribution in [1.82, 2.24) is 10.2 Å². The molecule has 2 fully saturated rings. The fraction of sp³-hybridized carbons (Fsp3) is 0.917. The van der Waals surface area contributed by atoms with E-state index in [0.717, 1.165) is 19.5 Å². The second kappa shape index (κ2) is 4.72. The van der Waals surface area contributed by atoms with Gasteiger partial charge in [-0.05, 0) is 31.7 Å². The highest BCUT2D eigenvalue weighted by Crippen LogP contribution is 2.25. The van der Waals surface area contributed by atoms with Crippen LogP contribution in [0.5, 0.6) is 0 Å². The number of hydrogen-bond donors (Lipinski definition) is 2. The Morgan fingerprint density at radius 3 is 2.88 bits per heavy atom. The molecule has 3 atom stereocenters. The van der Waals surface area contributed by atoms with Crippen LogP contribution in [0, 0.1) is 5.92 Å². The Morgan fingerprint density at radius 2 is 2.31 bits per heavy atom. The quantitative estimate of drug-likeness (QED) is 0.727. The molecule has 0 aliphatic carbocycles. The van der Waals surface area contributed by atoms with Crippen molar-refractivity contribution in [1.29, 1.82) is 0 Å². The molecule has 2 saturated heterocycles. The smallest absolute Gasteiger partial charge is 0.239 e. The van der Waals surface area contributed by atoms with Crippen LogP contribution < -0.4 is 11.1 Å². The third kappa shape index (κ3) is 2.23. The number of nitrogens with one attached hydrogen (secondary N) is 1. The van der Waals surface area contributed by atoms with Crippen LogP contribution >= 0.6 is 0 Å². The van der Waals surface area contributed by atoms with Gasteiger partial charge in [-0.15, -0.1) is 0 Å². The molecular formula is C12H23N3O. The lowest BCUT2D eigenvalue weighted by Crippen LogP contribution is -2.45. The lowest BCUT2D eigenvalue weighted by molar-refractivity contribution is -0.130. The molecule has 0 aromatic rings. The molecule has 4 nitrogen and oxygen atoms in total. The molecule has 2 aliphatic heterocycles. The van der Waals surface area contributed by atoms with Crippen molar-refractivity contribution in [2.45, 2.75) is 51.2 Å². The van der Waals surface area contributed by atoms with Gasteiger partial charge in [0, 0.05) is 18.6 Å². The van der Waals surface area contributed by atoms with E-state index >= 15 is 0 Å². The molecule has 0 spiro atoms. The minimum absolute atomic E-state index is 0.146. The summed E-state index contributed by atoms with van der Waals surface area (Å²) in [7, 11) is 0. The first-order valence-corrected chi connectivity index (χ1v) is 6.39. The Hall–Kier alpha value is -0.610. The fourth-order valence-corrected chi connectivity index (χ4v) is 2.87. The molecule has 0 saturated carbocycles. The van der Waals surface area contributed by atoms with Gasteiger partial charge in [-0.1, -0.05) is 13.8 Å². The van der Waals surface area contributed by atoms with Gasteiger partial charge in [0.1, 0.15) is 0 Å². The molecule has 2 heterocycles. The lowest BCUT2D eigenvalue weighted by atomic mass is 10.0. The van der Waals surface area contributed by atoms with Crippen LogP contribution in [0.25, 0.3) is 0 Å². The maximum atomic E-state index is 12.0. The van der Waals surface area contributed by atoms with Crippen LogP contribution in [0.1, 0.15) is 33.1 Å². The molecule has 92 valence electrons. The summed E-state index contributed by atoms with van der Waals surface area (Å²) in [5.74, 6) is 0.645. The highest BCUT2D eigenvalue weighted by atomic mass is 16.2. The van der Waals surface area contributed by atoms with Crippen molar-refractivity contribution in [2.75, 3.05) is 13.1 Å². The Labute approximate surface area is 97.6 Å². The van der Waals surface area contributed by atoms with Gasteiger partial charge in [0.15, 0.2) is 0 Å². The van der Waals surface area contributed by atoms with E-state index in [9.17, 15) is 4.79 Å². The third-order valence-electron chi connectivity index (χ3n) is 3.85. The number of rotatable bonds is 3. The second-order valence-corrected chi connectivity index (χ2v) is 5.44. The Bertz CT molecular complexity index is 261. The van der Waals surface area contributed by atoms with E-state index < -0.39 is 0 Å². The molecule has 16 heavy (non-hydrogen) atoms. The molecule has 3 N–H and O–H groups in total. The Morgan fingerprint density at radius 1 is 1.56 bits per heavy atom. The molecule has 4 heteroatoms. The zero-order valence-electron chi connectivity index (χ0n) is 10.3. The van der Waals surface area contributed by atoms with Gasteiger partial charge >= 0.3 is 0 Å². The van der Waals surface area contributed by atoms with Crippen LogP contribution in [0.2, 0.25) is 0 Å². The maximum Gasteiger partial charge on any atom is 0.239 e. The molecule has 2 unspecified atom stereocenters. The largest absolute Gasteiger partial charge is 0.336 e. The fourth-order valence-electron chi connectivity index (χ4n) is 2.87. The van der Waals surface area contributed by atoms with Gasteiger partial charge in [0.2, 0.25) is 5.91 Å². The van der Waals surface area contributed by atoms with E-state index in [1.807, 2.05) is 4.90 Å². The highest BCUT2D eigenvalue weighted by molar-refractivity contribution is 5.84. The highest BCUT2D eigenvalue weighted by Gasteiger charge is 2.39. The summed E-state index contributed by atoms with van der Waals surface area (Å²) in [6.07, 6.45) is 3.23. The number of carbonyl (C=O) groups is 1. The van der Waals surface area contributed by atoms with Crippen molar-refractivity contribution in [3.8, 4) is 0 Å². The normalized spacial score (nSPS) is 35.4. The number of carbonyl (C=O) groups excluding carboxylic acids is 1. The van der Waals surface area contributed by atoms with Crippen LogP contribution in [-0.2, 0) is 4.79 Å². The zero-order valence-corrected chi connectivity index (χ0v) is 10.3. The van der Waals surface area contributed by atoms with E-state index in [1.165, 1.54) is 12.8 Å². The Kier molecular flexibility index (Phi) is 3.50. The third-order valence-corrected chi connectivity index (χ3v) is 3.85. The van der Waals surface area contributed by atoms with Gasteiger partial charge in [-0.25, -0.2) is 0 Å². The van der Waals surface area contributed by atoms with Crippen molar-refractivity contribution < 1.29 is 4.79 Å². The van der Waals surface area contributed by atoms with Gasteiger partial charge in [0.05, 0.1) is 6.04 Å². The summed E-state index contributed by atoms with van der Waals surface area (Å²) in [4.78, 5) is 14.0. The molecule has 0 aromatic heterocycles. The van der Waals surface area contributed by atoms with Crippen molar-refractivity contribution in [3.63, 3.8) is 0 Å². The number of hydrogen-bond acceptors (Lipinski definition) is 3. The first-order chi connectivity index (χ1) is 7.59. The lowest BCUT2D eigenvalue weighted by Gasteiger charge is -2.30. The predicted molar refractivity (Wildman–Crippen MR) is 64.0 cm³/mol. The molecule has 2 rings (SSSR count). The maximum absolute atomic E-state index is 12.0. The van der Waals surface area contributed by atoms with Crippen LogP contribution in [0.15, 0.2) is 0 Å². The average Bonchev–Trinajstić information content (AvgIpc) is 2.81. The SMILES string of the molecule is CC(C)C1CC(N)C(=O)N1C[C@@H]1CCCN1. The van der Waals surface area contributed by atoms with Gasteiger partial charge in [0.25, 0.3) is 0 Å². The van der Waals surface area contributed by atoms with E-state index in [0.29, 0.717) is 18.0 Å². The summed E-state index contributed by atoms with van der Waals surface area (Å²) in [5, 5.41) is 3.44. The van der Waals surface area contributed by atoms with Crippen molar-refractivity contribution >= 4 is 5.91 Å². The first-order valence-electron chi connectivity index (χ1n) is 6.39. The number of likely N-dealkylation sites (tertiary alicyclic amines) is 1. The summed E-state index contributed by atoms with van der Waals surface area (Å²) >= 11 is 0. The molecule has 0 radical (unpaired) electrons. The van der Waals surface area contributed by atoms with Gasteiger partial charge in [-0.2, -0.15) is 0 Å². The summed E-state index contributed by atoms with van der Waals surface area (Å²) in [6.45, 7) is 6.27. The minimum Gasteiger partial charge on any atom is -0.336 e. The monoisotopic (exact) mass is 225 g/mol. The number of amides is 1. The van der Waals surface area contributed by atoms with Crippen molar-refractivity contribution in [3.05, 3.63) is 0 Å². The molecule has 2 aliphatic rings. The molecule has 0 aromatic carbocycles. The van der Waals surface area contributed by atoms with Crippen LogP contribution in [0.3, 0.4) is 0 Å². The summed E-state index contributed by atoms with van der Waals surface area (Å²) < 4.78 is 0. The van der Waals surface area contributed by atoms with Gasteiger partial charge in [-0.3, -0.25) is 4.79 Å². The predicted octanol–water partition coefficient (Wildman–Crippen LogP) is 0.323. The Balaban J connectivity index is 2.00. The summed E-state index contributed by atoms with van der Waals surface area (Å²) in [5.41, 5.74) is 5.86. The topological polar surface area (TPSA) is 58.4 Å². The van der Waals surface area contributed by atoms with E-state index in [2.05, 4.69) is 19.2 Å². The van der Waals surface area contributed by atoms with Gasteiger partial charge < -0.3 is 16.0 Å². The average molecular weight is 225 g/mol. The molecular weight excluding hydrogens is 202 g/mol. The van der Waals surface area contributed by atoms with Crippen LogP contribution in [-0.4, -0.2) is 42.0 Å². The standard InChI is InChI=1S/C12H23N3O/c1-8(2)11-6-10(13)12(16)15(11)7-9-4-3-5-14-9/h8-11,14H,3-7,13H2,1-2H3/t9-,10?,11?/m0/s1. The molecule has 0 bridgehead atoms. The van der Waals surface area contributed by atoms with E-state index in [-0.39, 0.29) is 11.9 Å². The van der Waals surface area contributed by atoms with E-state index in [1.54, 1.807) is 0 Å². The number of nitrogens with zero attached hydrogens (tertiary/aromatic N) is 1. The minimum atomic E-state index is -0.270. The summed E-state index contributed by atoms with van der Waals surface area (Å²) in [6, 6.07) is 0.550.